The van der Waals surface area contributed by atoms with E-state index in [2.05, 4.69) is 5.73 Å². The van der Waals surface area contributed by atoms with Crippen LogP contribution in [0.25, 0.3) is 0 Å². The topological polar surface area (TPSA) is 52.3 Å². The van der Waals surface area contributed by atoms with Crippen molar-refractivity contribution in [1.29, 1.82) is 0 Å². The average Bonchev–Trinajstić information content (AvgIpc) is 2.54. The first-order valence-electron chi connectivity index (χ1n) is 7.03. The minimum Gasteiger partial charge on any atom is -0.497 e. The molecule has 0 aliphatic carbocycles. The number of rotatable bonds is 7. The van der Waals surface area contributed by atoms with Crippen molar-refractivity contribution in [3.05, 3.63) is 47.5 Å². The van der Waals surface area contributed by atoms with Crippen molar-refractivity contribution < 1.29 is 40.3 Å². The van der Waals surface area contributed by atoms with Gasteiger partial charge in [-0.05, 0) is 24.1 Å². The van der Waals surface area contributed by atoms with Crippen LogP contribution in [0.5, 0.6) is 5.75 Å². The molecule has 1 radical (unpaired) electrons. The van der Waals surface area contributed by atoms with E-state index in [1.807, 2.05) is 0 Å². The zero-order valence-electron chi connectivity index (χ0n) is 13.6. The van der Waals surface area contributed by atoms with Gasteiger partial charge >= 0.3 is 18.0 Å². The lowest BCUT2D eigenvalue weighted by Crippen LogP contribution is -2.54. The number of ketones is 1. The lowest BCUT2D eigenvalue weighted by Gasteiger charge is -2.28. The molecule has 0 aliphatic rings. The maximum Gasteiger partial charge on any atom is 0.460 e. The normalized spacial score (nSPS) is 13.8. The first-order chi connectivity index (χ1) is 11.7. The highest BCUT2D eigenvalue weighted by Crippen LogP contribution is 2.48. The summed E-state index contributed by atoms with van der Waals surface area (Å²) in [7, 11) is 1.43. The highest BCUT2D eigenvalue weighted by atomic mass is 19.4. The molecule has 0 amide bonds. The van der Waals surface area contributed by atoms with Gasteiger partial charge in [-0.3, -0.25) is 4.79 Å². The van der Waals surface area contributed by atoms with Crippen molar-refractivity contribution in [2.45, 2.75) is 31.4 Å². The van der Waals surface area contributed by atoms with Crippen molar-refractivity contribution in [3.63, 3.8) is 0 Å². The molecule has 1 aromatic carbocycles. The van der Waals surface area contributed by atoms with E-state index in [0.29, 0.717) is 11.3 Å². The Morgan fingerprint density at radius 1 is 1.08 bits per heavy atom. The zero-order valence-corrected chi connectivity index (χ0v) is 13.6. The number of allylic oxidation sites excluding steroid dienone is 2. The molecule has 0 bridgehead atoms. The number of carbonyl (C=O) groups excluding carboxylic acids is 1. The summed E-state index contributed by atoms with van der Waals surface area (Å²) in [5, 5.41) is 0. The summed E-state index contributed by atoms with van der Waals surface area (Å²) in [6.07, 6.45) is -6.69. The SMILES string of the molecule is COc1ccc(C[C](C)C(=O)/C=C(\N)C(F)(F)C(F)(F)C(F)(F)F)cc1. The molecule has 0 unspecified atom stereocenters. The van der Waals surface area contributed by atoms with Crippen molar-refractivity contribution in [2.24, 2.45) is 5.73 Å². The summed E-state index contributed by atoms with van der Waals surface area (Å²) in [5.74, 6) is -12.9. The molecule has 0 spiro atoms. The molecule has 2 N–H and O–H groups in total. The van der Waals surface area contributed by atoms with Gasteiger partial charge in [-0.15, -0.1) is 0 Å². The van der Waals surface area contributed by atoms with Gasteiger partial charge in [0.2, 0.25) is 0 Å². The van der Waals surface area contributed by atoms with E-state index < -0.39 is 29.5 Å². The Bertz CT molecular complexity index is 666. The Hall–Kier alpha value is -2.26. The fourth-order valence-electron chi connectivity index (χ4n) is 1.85. The van der Waals surface area contributed by atoms with Gasteiger partial charge in [0.1, 0.15) is 5.75 Å². The third-order valence-electron chi connectivity index (χ3n) is 3.45. The molecule has 0 aliphatic heterocycles. The number of hydrogen-bond acceptors (Lipinski definition) is 3. The molecule has 1 rings (SSSR count). The van der Waals surface area contributed by atoms with Crippen LogP contribution in [0.1, 0.15) is 12.5 Å². The van der Waals surface area contributed by atoms with Crippen molar-refractivity contribution in [2.75, 3.05) is 7.11 Å². The maximum atomic E-state index is 13.4. The fraction of sp³-hybridized carbons (Fsp3) is 0.375. The largest absolute Gasteiger partial charge is 0.497 e. The minimum absolute atomic E-state index is 0.0478. The van der Waals surface area contributed by atoms with Gasteiger partial charge in [0, 0.05) is 12.0 Å². The van der Waals surface area contributed by atoms with Gasteiger partial charge in [0.05, 0.1) is 12.8 Å². The predicted octanol–water partition coefficient (Wildman–Crippen LogP) is 4.08. The van der Waals surface area contributed by atoms with E-state index in [-0.39, 0.29) is 18.4 Å². The van der Waals surface area contributed by atoms with Crippen molar-refractivity contribution in [1.82, 2.24) is 0 Å². The first kappa shape index (κ1) is 21.8. The molecule has 0 aromatic heterocycles. The van der Waals surface area contributed by atoms with Crippen LogP contribution in [-0.4, -0.2) is 30.9 Å². The molecule has 10 heteroatoms. The monoisotopic (exact) mass is 386 g/mol. The predicted molar refractivity (Wildman–Crippen MR) is 78.8 cm³/mol. The smallest absolute Gasteiger partial charge is 0.460 e. The van der Waals surface area contributed by atoms with E-state index >= 15 is 0 Å². The van der Waals surface area contributed by atoms with Crippen LogP contribution in [0.2, 0.25) is 0 Å². The third-order valence-corrected chi connectivity index (χ3v) is 3.45. The van der Waals surface area contributed by atoms with E-state index in [4.69, 9.17) is 4.74 Å². The quantitative estimate of drug-likeness (QED) is 0.568. The first-order valence-corrected chi connectivity index (χ1v) is 7.03. The highest BCUT2D eigenvalue weighted by Gasteiger charge is 2.74. The summed E-state index contributed by atoms with van der Waals surface area (Å²) in [6, 6.07) is 6.26. The Balaban J connectivity index is 2.94. The van der Waals surface area contributed by atoms with Crippen LogP contribution in [0.4, 0.5) is 30.7 Å². The molecule has 0 saturated carbocycles. The number of ether oxygens (including phenoxy) is 1. The molecule has 0 fully saturated rings. The standard InChI is InChI=1S/C16H15F7NO2/c1-9(7-10-3-5-11(26-2)6-4-10)12(25)8-13(24)14(17,18)15(19,20)16(21,22)23/h3-6,8H,7,24H2,1-2H3/b13-8-. The zero-order chi connectivity index (χ0) is 20.3. The number of methoxy groups -OCH3 is 1. The number of carbonyl (C=O) groups is 1. The van der Waals surface area contributed by atoms with Crippen molar-refractivity contribution in [3.8, 4) is 5.75 Å². The van der Waals surface area contributed by atoms with Crippen LogP contribution in [0.15, 0.2) is 36.0 Å². The molecule has 0 heterocycles. The summed E-state index contributed by atoms with van der Waals surface area (Å²) >= 11 is 0. The number of hydrogen-bond donors (Lipinski definition) is 1. The maximum absolute atomic E-state index is 13.4. The van der Waals surface area contributed by atoms with Gasteiger partial charge in [-0.25, -0.2) is 0 Å². The van der Waals surface area contributed by atoms with Crippen LogP contribution in [0, 0.1) is 5.92 Å². The summed E-state index contributed by atoms with van der Waals surface area (Å²) in [4.78, 5) is 11.8. The Kier molecular flexibility index (Phi) is 6.32. The number of benzene rings is 1. The fourth-order valence-corrected chi connectivity index (χ4v) is 1.85. The Morgan fingerprint density at radius 3 is 2.00 bits per heavy atom. The van der Waals surface area contributed by atoms with Crippen molar-refractivity contribution >= 4 is 5.78 Å². The summed E-state index contributed by atoms with van der Waals surface area (Å²) in [5.41, 5.74) is 3.08. The highest BCUT2D eigenvalue weighted by molar-refractivity contribution is 6.01. The van der Waals surface area contributed by atoms with Gasteiger partial charge in [0.15, 0.2) is 5.78 Å². The summed E-state index contributed by atoms with van der Waals surface area (Å²) in [6.45, 7) is 1.22. The van der Waals surface area contributed by atoms with Crippen LogP contribution in [0.3, 0.4) is 0 Å². The van der Waals surface area contributed by atoms with Crippen LogP contribution < -0.4 is 10.5 Å². The molecule has 145 valence electrons. The van der Waals surface area contributed by atoms with E-state index in [9.17, 15) is 35.5 Å². The Labute approximate surface area is 144 Å². The van der Waals surface area contributed by atoms with Gasteiger partial charge in [0.25, 0.3) is 0 Å². The average molecular weight is 386 g/mol. The molecule has 1 aromatic rings. The minimum atomic E-state index is -6.53. The number of nitrogens with two attached hydrogens (primary N) is 1. The van der Waals surface area contributed by atoms with Gasteiger partial charge < -0.3 is 10.5 Å². The number of alkyl halides is 7. The van der Waals surface area contributed by atoms with E-state index in [1.165, 1.54) is 14.0 Å². The third kappa shape index (κ3) is 4.47. The molecular weight excluding hydrogens is 371 g/mol. The lowest BCUT2D eigenvalue weighted by molar-refractivity contribution is -0.344. The van der Waals surface area contributed by atoms with Gasteiger partial charge in [-0.2, -0.15) is 30.7 Å². The molecule has 0 atom stereocenters. The van der Waals surface area contributed by atoms with Crippen LogP contribution >= 0.6 is 0 Å². The van der Waals surface area contributed by atoms with E-state index in [0.717, 1.165) is 0 Å². The second-order valence-electron chi connectivity index (χ2n) is 5.42. The molecule has 26 heavy (non-hydrogen) atoms. The number of halogens is 7. The van der Waals surface area contributed by atoms with Gasteiger partial charge in [-0.1, -0.05) is 19.1 Å². The summed E-state index contributed by atoms with van der Waals surface area (Å²) < 4.78 is 93.9. The second-order valence-corrected chi connectivity index (χ2v) is 5.42. The Morgan fingerprint density at radius 2 is 1.58 bits per heavy atom. The molecule has 3 nitrogen and oxygen atoms in total. The van der Waals surface area contributed by atoms with E-state index in [1.54, 1.807) is 24.3 Å². The molecular formula is C16H15F7NO2. The lowest BCUT2D eigenvalue weighted by atomic mass is 9.95. The van der Waals surface area contributed by atoms with Crippen LogP contribution in [-0.2, 0) is 11.2 Å². The molecule has 0 saturated heterocycles. The second kappa shape index (κ2) is 7.55.